The standard InChI is InChI=1S/C16H22/c1-7-5-16-6-10-3-8-2-9(4-11(7)8)12-13(10)15(16)14(12)16/h7-15H,2-6H2,1H3. The molecule has 7 aliphatic carbocycles. The summed E-state index contributed by atoms with van der Waals surface area (Å²) in [5, 5.41) is 0. The maximum Gasteiger partial charge on any atom is -0.0224 e. The fraction of sp³-hybridized carbons (Fsp3) is 1.00. The van der Waals surface area contributed by atoms with Crippen molar-refractivity contribution in [1.82, 2.24) is 0 Å². The van der Waals surface area contributed by atoms with E-state index in [9.17, 15) is 0 Å². The van der Waals surface area contributed by atoms with Crippen molar-refractivity contribution in [3.05, 3.63) is 0 Å². The third kappa shape index (κ3) is 0.578. The van der Waals surface area contributed by atoms with E-state index in [1.54, 1.807) is 32.1 Å². The molecular formula is C16H22. The number of rotatable bonds is 0. The van der Waals surface area contributed by atoms with Crippen LogP contribution < -0.4 is 0 Å². The SMILES string of the molecule is CC1CC23CC4CC5CC(CC15)C1C4C2C13. The van der Waals surface area contributed by atoms with Gasteiger partial charge in [0.25, 0.3) is 0 Å². The summed E-state index contributed by atoms with van der Waals surface area (Å²) in [7, 11) is 0. The zero-order valence-electron chi connectivity index (χ0n) is 10.2. The lowest BCUT2D eigenvalue weighted by molar-refractivity contribution is 0.00190. The molecule has 7 fully saturated rings. The van der Waals surface area contributed by atoms with Crippen molar-refractivity contribution < 1.29 is 0 Å². The molecule has 0 heteroatoms. The van der Waals surface area contributed by atoms with Gasteiger partial charge in [-0.2, -0.15) is 0 Å². The van der Waals surface area contributed by atoms with Gasteiger partial charge < -0.3 is 0 Å². The third-order valence-corrected chi connectivity index (χ3v) is 8.43. The molecule has 0 aliphatic heterocycles. The van der Waals surface area contributed by atoms with E-state index in [1.807, 2.05) is 0 Å². The van der Waals surface area contributed by atoms with E-state index >= 15 is 0 Å². The highest BCUT2D eigenvalue weighted by atomic mass is 14.9. The van der Waals surface area contributed by atoms with Gasteiger partial charge in [0.15, 0.2) is 0 Å². The van der Waals surface area contributed by atoms with Crippen LogP contribution in [0.1, 0.15) is 39.0 Å². The molecular weight excluding hydrogens is 192 g/mol. The Hall–Kier alpha value is 0. The molecule has 1 spiro atoms. The molecule has 5 bridgehead atoms. The normalized spacial score (nSPS) is 80.4. The first-order valence-electron chi connectivity index (χ1n) is 7.79. The molecule has 0 aromatic heterocycles. The Labute approximate surface area is 98.2 Å². The number of hydrogen-bond donors (Lipinski definition) is 0. The summed E-state index contributed by atoms with van der Waals surface area (Å²) < 4.78 is 0. The second-order valence-corrected chi connectivity index (χ2v) is 8.48. The average Bonchev–Trinajstić information content (AvgIpc) is 2.53. The molecule has 10 atom stereocenters. The van der Waals surface area contributed by atoms with Crippen LogP contribution in [0.5, 0.6) is 0 Å². The van der Waals surface area contributed by atoms with Crippen LogP contribution in [0.4, 0.5) is 0 Å². The zero-order chi connectivity index (χ0) is 10.2. The van der Waals surface area contributed by atoms with E-state index in [0.29, 0.717) is 0 Å². The molecule has 16 heavy (non-hydrogen) atoms. The Kier molecular flexibility index (Phi) is 1.04. The van der Waals surface area contributed by atoms with Crippen LogP contribution in [-0.2, 0) is 0 Å². The molecule has 86 valence electrons. The molecule has 7 saturated carbocycles. The molecule has 0 aromatic carbocycles. The maximum atomic E-state index is 2.61. The summed E-state index contributed by atoms with van der Waals surface area (Å²) in [6.07, 6.45) is 8.31. The minimum absolute atomic E-state index is 0.950. The Bertz CT molecular complexity index is 399. The lowest BCUT2D eigenvalue weighted by atomic mass is 9.57. The van der Waals surface area contributed by atoms with Gasteiger partial charge in [-0.3, -0.25) is 0 Å². The highest BCUT2D eigenvalue weighted by Gasteiger charge is 2.85. The zero-order valence-corrected chi connectivity index (χ0v) is 10.2. The topological polar surface area (TPSA) is 0 Å². The maximum absolute atomic E-state index is 2.61. The molecule has 7 rings (SSSR count). The van der Waals surface area contributed by atoms with Crippen molar-refractivity contribution >= 4 is 0 Å². The first-order chi connectivity index (χ1) is 7.79. The van der Waals surface area contributed by atoms with E-state index in [2.05, 4.69) is 6.92 Å². The van der Waals surface area contributed by atoms with E-state index in [0.717, 1.165) is 17.3 Å². The molecule has 7 aliphatic rings. The molecule has 10 unspecified atom stereocenters. The Morgan fingerprint density at radius 1 is 0.812 bits per heavy atom. The highest BCUT2D eigenvalue weighted by molar-refractivity contribution is 5.33. The van der Waals surface area contributed by atoms with Crippen LogP contribution in [0, 0.1) is 58.7 Å². The van der Waals surface area contributed by atoms with Crippen molar-refractivity contribution in [2.45, 2.75) is 39.0 Å². The van der Waals surface area contributed by atoms with Crippen LogP contribution in [-0.4, -0.2) is 0 Å². The first kappa shape index (κ1) is 8.16. The molecule has 0 N–H and O–H groups in total. The van der Waals surface area contributed by atoms with E-state index in [1.165, 1.54) is 41.4 Å². The lowest BCUT2D eigenvalue weighted by Crippen LogP contribution is -2.42. The van der Waals surface area contributed by atoms with E-state index in [4.69, 9.17) is 0 Å². The molecule has 0 saturated heterocycles. The number of hydrogen-bond acceptors (Lipinski definition) is 0. The highest BCUT2D eigenvalue weighted by Crippen LogP contribution is 2.91. The number of fused-ring (bicyclic) bond motifs is 1. The van der Waals surface area contributed by atoms with Crippen molar-refractivity contribution in [2.24, 2.45) is 58.7 Å². The summed E-state index contributed by atoms with van der Waals surface area (Å²) in [5.74, 6) is 10.9. The van der Waals surface area contributed by atoms with Crippen LogP contribution in [0.25, 0.3) is 0 Å². The van der Waals surface area contributed by atoms with Gasteiger partial charge in [-0.25, -0.2) is 0 Å². The molecule has 0 aromatic rings. The largest absolute Gasteiger partial charge is 0.0622 e. The minimum Gasteiger partial charge on any atom is -0.0622 e. The van der Waals surface area contributed by atoms with Gasteiger partial charge in [0, 0.05) is 0 Å². The predicted octanol–water partition coefficient (Wildman–Crippen LogP) is 3.57. The monoisotopic (exact) mass is 214 g/mol. The van der Waals surface area contributed by atoms with Crippen molar-refractivity contribution in [3.8, 4) is 0 Å². The summed E-state index contributed by atoms with van der Waals surface area (Å²) in [5.41, 5.74) is 0.950. The van der Waals surface area contributed by atoms with Crippen molar-refractivity contribution in [1.29, 1.82) is 0 Å². The lowest BCUT2D eigenvalue weighted by Gasteiger charge is -2.48. The Morgan fingerprint density at radius 2 is 1.56 bits per heavy atom. The molecule has 0 radical (unpaired) electrons. The van der Waals surface area contributed by atoms with Gasteiger partial charge in [0.05, 0.1) is 0 Å². The summed E-state index contributed by atoms with van der Waals surface area (Å²) in [6.45, 7) is 2.61. The smallest absolute Gasteiger partial charge is 0.0224 e. The summed E-state index contributed by atoms with van der Waals surface area (Å²) >= 11 is 0. The van der Waals surface area contributed by atoms with Crippen LogP contribution in [0.2, 0.25) is 0 Å². The van der Waals surface area contributed by atoms with Crippen LogP contribution in [0.3, 0.4) is 0 Å². The second kappa shape index (κ2) is 2.04. The van der Waals surface area contributed by atoms with Gasteiger partial charge in [-0.1, -0.05) is 6.92 Å². The van der Waals surface area contributed by atoms with E-state index < -0.39 is 0 Å². The van der Waals surface area contributed by atoms with Gasteiger partial charge >= 0.3 is 0 Å². The first-order valence-corrected chi connectivity index (χ1v) is 7.79. The van der Waals surface area contributed by atoms with Crippen LogP contribution >= 0.6 is 0 Å². The van der Waals surface area contributed by atoms with Crippen molar-refractivity contribution in [2.75, 3.05) is 0 Å². The molecule has 0 amide bonds. The predicted molar refractivity (Wildman–Crippen MR) is 62.6 cm³/mol. The molecule has 0 heterocycles. The fourth-order valence-electron chi connectivity index (χ4n) is 8.47. The van der Waals surface area contributed by atoms with Crippen LogP contribution in [0.15, 0.2) is 0 Å². The second-order valence-electron chi connectivity index (χ2n) is 8.48. The third-order valence-electron chi connectivity index (χ3n) is 8.43. The van der Waals surface area contributed by atoms with Gasteiger partial charge in [-0.15, -0.1) is 0 Å². The average molecular weight is 214 g/mol. The van der Waals surface area contributed by atoms with Crippen molar-refractivity contribution in [3.63, 3.8) is 0 Å². The van der Waals surface area contributed by atoms with Gasteiger partial charge in [0.1, 0.15) is 0 Å². The Balaban J connectivity index is 1.61. The Morgan fingerprint density at radius 3 is 2.44 bits per heavy atom. The minimum atomic E-state index is 0.950. The quantitative estimate of drug-likeness (QED) is 0.578. The van der Waals surface area contributed by atoms with Gasteiger partial charge in [-0.05, 0) is 90.8 Å². The summed E-state index contributed by atoms with van der Waals surface area (Å²) in [6, 6.07) is 0. The van der Waals surface area contributed by atoms with E-state index in [-0.39, 0.29) is 0 Å². The fourth-order valence-corrected chi connectivity index (χ4v) is 8.47. The van der Waals surface area contributed by atoms with Gasteiger partial charge in [0.2, 0.25) is 0 Å². The summed E-state index contributed by atoms with van der Waals surface area (Å²) in [4.78, 5) is 0. The molecule has 0 nitrogen and oxygen atoms in total.